The molecule has 4 nitrogen and oxygen atoms in total. The fourth-order valence-electron chi connectivity index (χ4n) is 3.65. The number of carbonyl (C=O) groups excluding carboxylic acids is 2. The van der Waals surface area contributed by atoms with E-state index in [1.807, 2.05) is 44.2 Å². The average Bonchev–Trinajstić information content (AvgIpc) is 3.01. The number of carbonyl (C=O) groups is 2. The lowest BCUT2D eigenvalue weighted by atomic mass is 9.94. The summed E-state index contributed by atoms with van der Waals surface area (Å²) >= 11 is 6.30. The third-order valence-electron chi connectivity index (χ3n) is 5.32. The molecule has 1 aliphatic rings. The van der Waals surface area contributed by atoms with Gasteiger partial charge in [0.05, 0.1) is 11.6 Å². The zero-order chi connectivity index (χ0) is 21.4. The van der Waals surface area contributed by atoms with Crippen molar-refractivity contribution in [3.8, 4) is 0 Å². The van der Waals surface area contributed by atoms with Crippen LogP contribution in [0.4, 0.5) is 5.69 Å². The molecule has 0 aromatic heterocycles. The Kier molecular flexibility index (Phi) is 5.18. The molecule has 0 radical (unpaired) electrons. The van der Waals surface area contributed by atoms with Gasteiger partial charge in [-0.15, -0.1) is 0 Å². The SMILES string of the molecule is Cc1ccc(C2/C(=C(\O)c3ccccc3)C(=O)C(=O)N2c2ccc(C)c(Cl)c2)cc1. The number of amides is 1. The number of aliphatic hydroxyl groups is 1. The van der Waals surface area contributed by atoms with Gasteiger partial charge in [-0.1, -0.05) is 77.8 Å². The molecule has 1 unspecified atom stereocenters. The summed E-state index contributed by atoms with van der Waals surface area (Å²) in [6, 6.07) is 20.8. The Morgan fingerprint density at radius 1 is 0.933 bits per heavy atom. The topological polar surface area (TPSA) is 57.6 Å². The fourth-order valence-corrected chi connectivity index (χ4v) is 3.82. The van der Waals surface area contributed by atoms with Crippen LogP contribution in [0.2, 0.25) is 5.02 Å². The smallest absolute Gasteiger partial charge is 0.300 e. The van der Waals surface area contributed by atoms with Crippen molar-refractivity contribution in [2.45, 2.75) is 19.9 Å². The largest absolute Gasteiger partial charge is 0.507 e. The van der Waals surface area contributed by atoms with E-state index < -0.39 is 17.7 Å². The minimum absolute atomic E-state index is 0.0618. The van der Waals surface area contributed by atoms with E-state index in [-0.39, 0.29) is 11.3 Å². The van der Waals surface area contributed by atoms with Gasteiger partial charge in [-0.2, -0.15) is 0 Å². The van der Waals surface area contributed by atoms with Gasteiger partial charge < -0.3 is 5.11 Å². The number of anilines is 1. The monoisotopic (exact) mass is 417 g/mol. The van der Waals surface area contributed by atoms with Crippen molar-refractivity contribution in [1.29, 1.82) is 0 Å². The number of ketones is 1. The highest BCUT2D eigenvalue weighted by Gasteiger charge is 2.47. The molecule has 0 bridgehead atoms. The molecule has 0 aliphatic carbocycles. The van der Waals surface area contributed by atoms with Gasteiger partial charge in [0.15, 0.2) is 0 Å². The molecule has 1 aliphatic heterocycles. The molecule has 1 atom stereocenters. The van der Waals surface area contributed by atoms with Gasteiger partial charge in [-0.25, -0.2) is 0 Å². The Balaban J connectivity index is 1.95. The second-order valence-corrected chi connectivity index (χ2v) is 7.79. The Hall–Kier alpha value is -3.37. The van der Waals surface area contributed by atoms with Gasteiger partial charge >= 0.3 is 0 Å². The standard InChI is InChI=1S/C25H20ClNO3/c1-15-8-11-17(12-9-15)22-21(23(28)18-6-4-3-5-7-18)24(29)25(30)27(22)19-13-10-16(2)20(26)14-19/h3-14,22,28H,1-2H3/b23-21+. The van der Waals surface area contributed by atoms with E-state index in [0.29, 0.717) is 16.3 Å². The summed E-state index contributed by atoms with van der Waals surface area (Å²) in [5.74, 6) is -1.61. The second-order valence-electron chi connectivity index (χ2n) is 7.38. The van der Waals surface area contributed by atoms with E-state index in [4.69, 9.17) is 11.6 Å². The van der Waals surface area contributed by atoms with E-state index >= 15 is 0 Å². The number of aryl methyl sites for hydroxylation is 2. The third kappa shape index (κ3) is 3.40. The molecule has 30 heavy (non-hydrogen) atoms. The van der Waals surface area contributed by atoms with Crippen LogP contribution in [0, 0.1) is 13.8 Å². The van der Waals surface area contributed by atoms with Crippen molar-refractivity contribution in [2.75, 3.05) is 4.90 Å². The molecular formula is C25H20ClNO3. The van der Waals surface area contributed by atoms with E-state index in [0.717, 1.165) is 16.7 Å². The van der Waals surface area contributed by atoms with Crippen LogP contribution in [0.3, 0.4) is 0 Å². The van der Waals surface area contributed by atoms with Crippen molar-refractivity contribution < 1.29 is 14.7 Å². The summed E-state index contributed by atoms with van der Waals surface area (Å²) in [5, 5.41) is 11.5. The van der Waals surface area contributed by atoms with Crippen LogP contribution in [-0.4, -0.2) is 16.8 Å². The average molecular weight is 418 g/mol. The summed E-state index contributed by atoms with van der Waals surface area (Å²) in [7, 11) is 0. The van der Waals surface area contributed by atoms with Crippen LogP contribution in [0.15, 0.2) is 78.4 Å². The maximum absolute atomic E-state index is 13.1. The number of aliphatic hydroxyl groups excluding tert-OH is 1. The molecule has 150 valence electrons. The van der Waals surface area contributed by atoms with E-state index in [1.54, 1.807) is 42.5 Å². The molecule has 0 saturated carbocycles. The molecule has 4 rings (SSSR count). The predicted octanol–water partition coefficient (Wildman–Crippen LogP) is 5.58. The molecule has 1 amide bonds. The quantitative estimate of drug-likeness (QED) is 0.343. The lowest BCUT2D eigenvalue weighted by Crippen LogP contribution is -2.29. The first-order valence-electron chi connectivity index (χ1n) is 9.57. The highest BCUT2D eigenvalue weighted by Crippen LogP contribution is 2.42. The second kappa shape index (κ2) is 7.81. The number of hydrogen-bond donors (Lipinski definition) is 1. The van der Waals surface area contributed by atoms with Gasteiger partial charge in [-0.05, 0) is 37.1 Å². The van der Waals surface area contributed by atoms with Crippen molar-refractivity contribution in [3.05, 3.63) is 106 Å². The van der Waals surface area contributed by atoms with Gasteiger partial charge in [0.1, 0.15) is 5.76 Å². The Morgan fingerprint density at radius 3 is 2.23 bits per heavy atom. The minimum Gasteiger partial charge on any atom is -0.507 e. The molecule has 3 aromatic rings. The number of Topliss-reactive ketones (excluding diaryl/α,β-unsaturated/α-hetero) is 1. The Morgan fingerprint density at radius 2 is 1.60 bits per heavy atom. The molecule has 1 fully saturated rings. The molecule has 1 saturated heterocycles. The highest BCUT2D eigenvalue weighted by molar-refractivity contribution is 6.51. The van der Waals surface area contributed by atoms with Crippen molar-refractivity contribution in [2.24, 2.45) is 0 Å². The van der Waals surface area contributed by atoms with Crippen LogP contribution in [0.1, 0.15) is 28.3 Å². The summed E-state index contributed by atoms with van der Waals surface area (Å²) in [6.45, 7) is 3.83. The number of hydrogen-bond acceptors (Lipinski definition) is 3. The maximum Gasteiger partial charge on any atom is 0.300 e. The van der Waals surface area contributed by atoms with Gasteiger partial charge in [0, 0.05) is 16.3 Å². The lowest BCUT2D eigenvalue weighted by Gasteiger charge is -2.26. The zero-order valence-electron chi connectivity index (χ0n) is 16.6. The van der Waals surface area contributed by atoms with Crippen LogP contribution in [0.5, 0.6) is 0 Å². The molecule has 1 N–H and O–H groups in total. The predicted molar refractivity (Wildman–Crippen MR) is 119 cm³/mol. The van der Waals surface area contributed by atoms with Crippen LogP contribution < -0.4 is 4.90 Å². The van der Waals surface area contributed by atoms with E-state index in [1.165, 1.54) is 4.90 Å². The lowest BCUT2D eigenvalue weighted by molar-refractivity contribution is -0.132. The fraction of sp³-hybridized carbons (Fsp3) is 0.120. The number of benzene rings is 3. The summed E-state index contributed by atoms with van der Waals surface area (Å²) in [4.78, 5) is 27.6. The van der Waals surface area contributed by atoms with Crippen LogP contribution >= 0.6 is 11.6 Å². The summed E-state index contributed by atoms with van der Waals surface area (Å²) in [5.41, 5.74) is 3.70. The first-order chi connectivity index (χ1) is 14.4. The van der Waals surface area contributed by atoms with Gasteiger partial charge in [-0.3, -0.25) is 14.5 Å². The van der Waals surface area contributed by atoms with E-state index in [2.05, 4.69) is 0 Å². The third-order valence-corrected chi connectivity index (χ3v) is 5.73. The first kappa shape index (κ1) is 19.9. The first-order valence-corrected chi connectivity index (χ1v) is 9.95. The Labute approximate surface area is 180 Å². The molecule has 3 aromatic carbocycles. The molecule has 0 spiro atoms. The van der Waals surface area contributed by atoms with Crippen LogP contribution in [0.25, 0.3) is 5.76 Å². The molecule has 5 heteroatoms. The molecular weight excluding hydrogens is 398 g/mol. The van der Waals surface area contributed by atoms with Crippen molar-refractivity contribution >= 4 is 34.7 Å². The minimum atomic E-state index is -0.760. The van der Waals surface area contributed by atoms with Gasteiger partial charge in [0.25, 0.3) is 11.7 Å². The zero-order valence-corrected chi connectivity index (χ0v) is 17.4. The summed E-state index contributed by atoms with van der Waals surface area (Å²) < 4.78 is 0. The summed E-state index contributed by atoms with van der Waals surface area (Å²) in [6.07, 6.45) is 0. The van der Waals surface area contributed by atoms with Crippen LogP contribution in [-0.2, 0) is 9.59 Å². The number of halogens is 1. The van der Waals surface area contributed by atoms with Gasteiger partial charge in [0.2, 0.25) is 0 Å². The number of rotatable bonds is 3. The molecule has 1 heterocycles. The normalized spacial score (nSPS) is 18.1. The van der Waals surface area contributed by atoms with Crippen molar-refractivity contribution in [1.82, 2.24) is 0 Å². The maximum atomic E-state index is 13.1. The van der Waals surface area contributed by atoms with Crippen molar-refractivity contribution in [3.63, 3.8) is 0 Å². The number of nitrogens with zero attached hydrogens (tertiary/aromatic N) is 1. The Bertz CT molecular complexity index is 1170. The highest BCUT2D eigenvalue weighted by atomic mass is 35.5. The van der Waals surface area contributed by atoms with E-state index in [9.17, 15) is 14.7 Å².